The number of aliphatic hydroxyl groups is 1. The molecule has 0 aliphatic carbocycles. The SMILES string of the molecule is CCC(C)CCCCCCCCCCCCC(=O)O[C@H](COC(=O)CCCCCCCCCCC(C)CC)COP(=O)(O)OC[C@@H](O)COP(=O)(O)OC[C@@H](COC(=O)CCCCCCCCC(C)CC)OC(=O)CCCCCCCCCCCCCCCCCCCCC(C)C. The maximum Gasteiger partial charge on any atom is 0.472 e. The minimum atomic E-state index is -4.96. The Bertz CT molecular complexity index is 1910. The Hall–Kier alpha value is -1.94. The molecular weight excluding hydrogens is 1270 g/mol. The molecule has 0 saturated heterocycles. The van der Waals surface area contributed by atoms with Crippen LogP contribution in [-0.2, 0) is 65.4 Å². The summed E-state index contributed by atoms with van der Waals surface area (Å²) in [6, 6.07) is 0. The topological polar surface area (TPSA) is 237 Å². The molecule has 0 aromatic heterocycles. The molecule has 0 fully saturated rings. The largest absolute Gasteiger partial charge is 0.472 e. The van der Waals surface area contributed by atoms with Crippen molar-refractivity contribution in [2.24, 2.45) is 23.7 Å². The highest BCUT2D eigenvalue weighted by Crippen LogP contribution is 2.45. The van der Waals surface area contributed by atoms with Crippen molar-refractivity contribution in [1.82, 2.24) is 0 Å². The number of aliphatic hydroxyl groups excluding tert-OH is 1. The van der Waals surface area contributed by atoms with Crippen molar-refractivity contribution in [2.75, 3.05) is 39.6 Å². The molecule has 0 rings (SSSR count). The molecule has 0 amide bonds. The molecule has 0 aromatic rings. The van der Waals surface area contributed by atoms with Gasteiger partial charge in [0.2, 0.25) is 0 Å². The lowest BCUT2D eigenvalue weighted by molar-refractivity contribution is -0.161. The van der Waals surface area contributed by atoms with E-state index in [1.165, 1.54) is 193 Å². The third-order valence-corrected chi connectivity index (χ3v) is 21.1. The monoisotopic (exact) mass is 1420 g/mol. The van der Waals surface area contributed by atoms with Crippen LogP contribution in [0.15, 0.2) is 0 Å². The third kappa shape index (κ3) is 68.3. The van der Waals surface area contributed by atoms with Crippen molar-refractivity contribution < 1.29 is 80.2 Å². The van der Waals surface area contributed by atoms with Gasteiger partial charge in [0.05, 0.1) is 26.4 Å². The number of esters is 4. The van der Waals surface area contributed by atoms with E-state index < -0.39 is 97.5 Å². The molecule has 0 radical (unpaired) electrons. The van der Waals surface area contributed by atoms with Gasteiger partial charge in [-0.05, 0) is 49.4 Å². The van der Waals surface area contributed by atoms with Gasteiger partial charge in [-0.3, -0.25) is 37.3 Å². The average molecular weight is 1420 g/mol. The van der Waals surface area contributed by atoms with Gasteiger partial charge in [-0.1, -0.05) is 344 Å². The second-order valence-corrected chi connectivity index (χ2v) is 32.2. The van der Waals surface area contributed by atoms with Crippen LogP contribution in [-0.4, -0.2) is 96.7 Å². The van der Waals surface area contributed by atoms with Crippen LogP contribution in [0.1, 0.15) is 396 Å². The summed E-state index contributed by atoms with van der Waals surface area (Å²) in [5, 5.41) is 10.6. The number of carbonyl (C=O) groups is 4. The highest BCUT2D eigenvalue weighted by molar-refractivity contribution is 7.47. The Morgan fingerprint density at radius 3 is 0.732 bits per heavy atom. The van der Waals surface area contributed by atoms with E-state index in [9.17, 15) is 43.2 Å². The first-order valence-corrected chi connectivity index (χ1v) is 43.3. The van der Waals surface area contributed by atoms with Crippen LogP contribution in [0, 0.1) is 23.7 Å². The zero-order valence-corrected chi connectivity index (χ0v) is 65.5. The molecule has 0 aliphatic rings. The number of ether oxygens (including phenoxy) is 4. The Kier molecular flexibility index (Phi) is 65.9. The predicted molar refractivity (Wildman–Crippen MR) is 395 cm³/mol. The summed E-state index contributed by atoms with van der Waals surface area (Å²) in [5.74, 6) is 1.01. The Morgan fingerprint density at radius 2 is 0.495 bits per heavy atom. The summed E-state index contributed by atoms with van der Waals surface area (Å²) >= 11 is 0. The van der Waals surface area contributed by atoms with Gasteiger partial charge in [-0.2, -0.15) is 0 Å². The first-order chi connectivity index (χ1) is 46.7. The van der Waals surface area contributed by atoms with E-state index in [-0.39, 0.29) is 25.7 Å². The van der Waals surface area contributed by atoms with Crippen molar-refractivity contribution >= 4 is 39.5 Å². The van der Waals surface area contributed by atoms with Crippen LogP contribution in [0.4, 0.5) is 0 Å². The molecule has 17 nitrogen and oxygen atoms in total. The average Bonchev–Trinajstić information content (AvgIpc) is 1.37. The van der Waals surface area contributed by atoms with Crippen LogP contribution >= 0.6 is 15.6 Å². The molecular formula is C78H152O17P2. The lowest BCUT2D eigenvalue weighted by Gasteiger charge is -2.21. The first-order valence-electron chi connectivity index (χ1n) is 40.3. The molecule has 19 heteroatoms. The molecule has 0 aliphatic heterocycles. The Balaban J connectivity index is 5.21. The van der Waals surface area contributed by atoms with Gasteiger partial charge < -0.3 is 33.8 Å². The fourth-order valence-corrected chi connectivity index (χ4v) is 13.4. The smallest absolute Gasteiger partial charge is 0.462 e. The van der Waals surface area contributed by atoms with Gasteiger partial charge in [0, 0.05) is 25.7 Å². The number of phosphoric acid groups is 2. The minimum absolute atomic E-state index is 0.105. The number of unbranched alkanes of at least 4 members (excludes halogenated alkanes) is 38. The molecule has 0 spiro atoms. The van der Waals surface area contributed by atoms with Gasteiger partial charge in [-0.25, -0.2) is 9.13 Å². The maximum atomic E-state index is 13.1. The van der Waals surface area contributed by atoms with Crippen molar-refractivity contribution in [3.63, 3.8) is 0 Å². The number of phosphoric ester groups is 2. The van der Waals surface area contributed by atoms with E-state index in [1.54, 1.807) is 0 Å². The second-order valence-electron chi connectivity index (χ2n) is 29.3. The van der Waals surface area contributed by atoms with E-state index in [4.69, 9.17) is 37.0 Å². The van der Waals surface area contributed by atoms with Crippen LogP contribution < -0.4 is 0 Å². The van der Waals surface area contributed by atoms with Crippen molar-refractivity contribution in [3.05, 3.63) is 0 Å². The van der Waals surface area contributed by atoms with Crippen LogP contribution in [0.2, 0.25) is 0 Å². The van der Waals surface area contributed by atoms with Gasteiger partial charge >= 0.3 is 39.5 Å². The van der Waals surface area contributed by atoms with Gasteiger partial charge in [-0.15, -0.1) is 0 Å². The van der Waals surface area contributed by atoms with Gasteiger partial charge in [0.25, 0.3) is 0 Å². The third-order valence-electron chi connectivity index (χ3n) is 19.2. The zero-order valence-electron chi connectivity index (χ0n) is 63.7. The van der Waals surface area contributed by atoms with Crippen LogP contribution in [0.5, 0.6) is 0 Å². The van der Waals surface area contributed by atoms with E-state index in [1.807, 2.05) is 0 Å². The Labute approximate surface area is 594 Å². The first kappa shape index (κ1) is 95.1. The van der Waals surface area contributed by atoms with Crippen LogP contribution in [0.3, 0.4) is 0 Å². The molecule has 3 N–H and O–H groups in total. The molecule has 0 saturated carbocycles. The summed E-state index contributed by atoms with van der Waals surface area (Å²) in [7, 11) is -9.92. The maximum absolute atomic E-state index is 13.1. The zero-order chi connectivity index (χ0) is 71.7. The summed E-state index contributed by atoms with van der Waals surface area (Å²) in [6.45, 7) is 14.2. The van der Waals surface area contributed by atoms with Crippen molar-refractivity contribution in [1.29, 1.82) is 0 Å². The molecule has 576 valence electrons. The fourth-order valence-electron chi connectivity index (χ4n) is 11.8. The summed E-state index contributed by atoms with van der Waals surface area (Å²) < 4.78 is 68.6. The van der Waals surface area contributed by atoms with Gasteiger partial charge in [0.1, 0.15) is 19.3 Å². The normalized spacial score (nSPS) is 14.9. The van der Waals surface area contributed by atoms with E-state index in [2.05, 4.69) is 55.4 Å². The number of hydrogen-bond acceptors (Lipinski definition) is 15. The standard InChI is InChI=1S/C78H152O17P2/c1-9-69(6)55-47-39-31-25-22-23-27-35-45-53-61-78(83)94-73(64-88-75(80)58-50-42-33-29-28-32-40-48-56-70(7)10-2)66-92-96(84,85)90-62-72(79)63-91-97(86,87)93-67-74(65-89-76(81)59-51-43-37-36-41-49-57-71(8)11-3)95-77(82)60-52-44-34-26-21-19-17-15-13-12-14-16-18-20-24-30-38-46-54-68(4)5/h68-74,79H,9-67H2,1-8H3,(H,84,85)(H,86,87)/t69?,70?,71?,72-,73-,74-/m1/s1. The lowest BCUT2D eigenvalue weighted by Crippen LogP contribution is -2.30. The molecule has 0 aromatic carbocycles. The molecule has 0 heterocycles. The molecule has 97 heavy (non-hydrogen) atoms. The van der Waals surface area contributed by atoms with Crippen molar-refractivity contribution in [2.45, 2.75) is 414 Å². The highest BCUT2D eigenvalue weighted by atomic mass is 31.2. The molecule has 0 bridgehead atoms. The van der Waals surface area contributed by atoms with Crippen LogP contribution in [0.25, 0.3) is 0 Å². The molecule has 8 atom stereocenters. The fraction of sp³-hybridized carbons (Fsp3) is 0.949. The number of rotatable bonds is 75. The summed E-state index contributed by atoms with van der Waals surface area (Å²) in [5.41, 5.74) is 0. The molecule has 5 unspecified atom stereocenters. The summed E-state index contributed by atoms with van der Waals surface area (Å²) in [4.78, 5) is 72.9. The van der Waals surface area contributed by atoms with Crippen molar-refractivity contribution in [3.8, 4) is 0 Å². The second kappa shape index (κ2) is 67.2. The van der Waals surface area contributed by atoms with E-state index in [0.717, 1.165) is 120 Å². The lowest BCUT2D eigenvalue weighted by atomic mass is 9.99. The van der Waals surface area contributed by atoms with E-state index in [0.29, 0.717) is 25.7 Å². The quantitative estimate of drug-likeness (QED) is 0.0222. The minimum Gasteiger partial charge on any atom is -0.462 e. The number of hydrogen-bond donors (Lipinski definition) is 3. The predicted octanol–water partition coefficient (Wildman–Crippen LogP) is 22.8. The summed E-state index contributed by atoms with van der Waals surface area (Å²) in [6.07, 6.45) is 52.7. The van der Waals surface area contributed by atoms with Gasteiger partial charge in [0.15, 0.2) is 12.2 Å². The highest BCUT2D eigenvalue weighted by Gasteiger charge is 2.30. The number of carbonyl (C=O) groups excluding carboxylic acids is 4. The Morgan fingerprint density at radius 1 is 0.289 bits per heavy atom. The van der Waals surface area contributed by atoms with E-state index >= 15 is 0 Å².